The molecule has 0 N–H and O–H groups in total. The van der Waals surface area contributed by atoms with Gasteiger partial charge in [0.05, 0.1) is 0 Å². The van der Waals surface area contributed by atoms with Gasteiger partial charge in [-0.25, -0.2) is 4.98 Å². The van der Waals surface area contributed by atoms with Crippen molar-refractivity contribution in [2.24, 2.45) is 0 Å². The largest absolute Gasteiger partial charge is 0.351 e. The Morgan fingerprint density at radius 3 is 2.58 bits per heavy atom. The van der Waals surface area contributed by atoms with E-state index in [2.05, 4.69) is 49.3 Å². The predicted molar refractivity (Wildman–Crippen MR) is 104 cm³/mol. The van der Waals surface area contributed by atoms with Gasteiger partial charge in [-0.3, -0.25) is 9.30 Å². The van der Waals surface area contributed by atoms with E-state index in [1.807, 2.05) is 30.6 Å². The summed E-state index contributed by atoms with van der Waals surface area (Å²) in [5.41, 5.74) is 2.03. The van der Waals surface area contributed by atoms with Gasteiger partial charge in [-0.05, 0) is 11.6 Å². The highest BCUT2D eigenvalue weighted by Gasteiger charge is 2.22. The lowest BCUT2D eigenvalue weighted by atomic mass is 10.2. The molecule has 1 aliphatic rings. The SMILES string of the molecule is CC(C)c1nnc2c(N3CCN(Cc4ccccc4Cl)CC3)nccn12. The van der Waals surface area contributed by atoms with Crippen LogP contribution in [0.1, 0.15) is 31.2 Å². The van der Waals surface area contributed by atoms with Crippen LogP contribution in [0.25, 0.3) is 5.65 Å². The van der Waals surface area contributed by atoms with E-state index in [0.717, 1.165) is 55.0 Å². The smallest absolute Gasteiger partial charge is 0.203 e. The molecule has 1 aliphatic heterocycles. The Morgan fingerprint density at radius 1 is 1.08 bits per heavy atom. The number of aromatic nitrogens is 4. The topological polar surface area (TPSA) is 49.6 Å². The van der Waals surface area contributed by atoms with Gasteiger partial charge in [0, 0.05) is 56.1 Å². The second-order valence-corrected chi connectivity index (χ2v) is 7.42. The maximum Gasteiger partial charge on any atom is 0.203 e. The van der Waals surface area contributed by atoms with Gasteiger partial charge in [0.15, 0.2) is 5.82 Å². The highest BCUT2D eigenvalue weighted by Crippen LogP contribution is 2.23. The second kappa shape index (κ2) is 7.21. The van der Waals surface area contributed by atoms with E-state index in [4.69, 9.17) is 11.6 Å². The summed E-state index contributed by atoms with van der Waals surface area (Å²) in [6.07, 6.45) is 3.79. The normalized spacial score (nSPS) is 15.9. The first-order chi connectivity index (χ1) is 12.6. The minimum absolute atomic E-state index is 0.327. The van der Waals surface area contributed by atoms with Crippen molar-refractivity contribution in [3.05, 3.63) is 53.1 Å². The molecule has 0 radical (unpaired) electrons. The summed E-state index contributed by atoms with van der Waals surface area (Å²) in [7, 11) is 0. The number of benzene rings is 1. The monoisotopic (exact) mass is 370 g/mol. The first kappa shape index (κ1) is 17.2. The van der Waals surface area contributed by atoms with E-state index in [1.165, 1.54) is 5.56 Å². The molecular formula is C19H23ClN6. The van der Waals surface area contributed by atoms with Crippen LogP contribution < -0.4 is 4.90 Å². The lowest BCUT2D eigenvalue weighted by molar-refractivity contribution is 0.249. The summed E-state index contributed by atoms with van der Waals surface area (Å²) in [6.45, 7) is 8.92. The van der Waals surface area contributed by atoms with Crippen LogP contribution in [0.3, 0.4) is 0 Å². The van der Waals surface area contributed by atoms with Crippen molar-refractivity contribution in [1.29, 1.82) is 0 Å². The molecule has 4 rings (SSSR count). The zero-order valence-corrected chi connectivity index (χ0v) is 15.9. The summed E-state index contributed by atoms with van der Waals surface area (Å²) >= 11 is 6.30. The van der Waals surface area contributed by atoms with Crippen LogP contribution in [0.2, 0.25) is 5.02 Å². The van der Waals surface area contributed by atoms with Crippen LogP contribution in [0.15, 0.2) is 36.7 Å². The standard InChI is InChI=1S/C19H23ClN6/c1-14(2)17-22-23-19-18(21-7-8-26(17)19)25-11-9-24(10-12-25)13-15-5-3-4-6-16(15)20/h3-8,14H,9-13H2,1-2H3. The first-order valence-electron chi connectivity index (χ1n) is 9.04. The molecule has 0 amide bonds. The van der Waals surface area contributed by atoms with E-state index in [1.54, 1.807) is 0 Å². The minimum Gasteiger partial charge on any atom is -0.351 e. The molecule has 0 unspecified atom stereocenters. The highest BCUT2D eigenvalue weighted by molar-refractivity contribution is 6.31. The summed E-state index contributed by atoms with van der Waals surface area (Å²) in [5, 5.41) is 9.58. The summed E-state index contributed by atoms with van der Waals surface area (Å²) in [5.74, 6) is 2.22. The molecule has 0 saturated carbocycles. The van der Waals surface area contributed by atoms with Crippen molar-refractivity contribution in [2.45, 2.75) is 26.3 Å². The molecular weight excluding hydrogens is 348 g/mol. The maximum absolute atomic E-state index is 6.30. The summed E-state index contributed by atoms with van der Waals surface area (Å²) < 4.78 is 2.06. The Labute approximate surface area is 158 Å². The lowest BCUT2D eigenvalue weighted by Gasteiger charge is -2.35. The van der Waals surface area contributed by atoms with Gasteiger partial charge in [0.1, 0.15) is 5.82 Å². The fourth-order valence-corrected chi connectivity index (χ4v) is 3.63. The van der Waals surface area contributed by atoms with Gasteiger partial charge in [-0.2, -0.15) is 0 Å². The number of piperazine rings is 1. The molecule has 6 nitrogen and oxygen atoms in total. The third-order valence-corrected chi connectivity index (χ3v) is 5.24. The Bertz CT molecular complexity index is 898. The van der Waals surface area contributed by atoms with Crippen molar-refractivity contribution in [3.8, 4) is 0 Å². The van der Waals surface area contributed by atoms with Crippen molar-refractivity contribution in [2.75, 3.05) is 31.1 Å². The van der Waals surface area contributed by atoms with E-state index in [0.29, 0.717) is 5.92 Å². The average Bonchev–Trinajstić information content (AvgIpc) is 3.09. The minimum atomic E-state index is 0.327. The molecule has 0 bridgehead atoms. The van der Waals surface area contributed by atoms with Crippen molar-refractivity contribution in [3.63, 3.8) is 0 Å². The van der Waals surface area contributed by atoms with E-state index < -0.39 is 0 Å². The third-order valence-electron chi connectivity index (χ3n) is 4.87. The Morgan fingerprint density at radius 2 is 1.85 bits per heavy atom. The number of hydrogen-bond acceptors (Lipinski definition) is 5. The van der Waals surface area contributed by atoms with Crippen LogP contribution in [0.4, 0.5) is 5.82 Å². The molecule has 136 valence electrons. The number of nitrogens with zero attached hydrogens (tertiary/aromatic N) is 6. The molecule has 3 aromatic rings. The van der Waals surface area contributed by atoms with Crippen LogP contribution in [-0.2, 0) is 6.54 Å². The number of halogens is 1. The highest BCUT2D eigenvalue weighted by atomic mass is 35.5. The Balaban J connectivity index is 1.48. The number of anilines is 1. The quantitative estimate of drug-likeness (QED) is 0.705. The number of hydrogen-bond donors (Lipinski definition) is 0. The van der Waals surface area contributed by atoms with Crippen LogP contribution >= 0.6 is 11.6 Å². The van der Waals surface area contributed by atoms with Gasteiger partial charge >= 0.3 is 0 Å². The van der Waals surface area contributed by atoms with Gasteiger partial charge in [0.2, 0.25) is 5.65 Å². The van der Waals surface area contributed by atoms with Crippen LogP contribution in [0.5, 0.6) is 0 Å². The Hall–Kier alpha value is -2.18. The fraction of sp³-hybridized carbons (Fsp3) is 0.421. The Kier molecular flexibility index (Phi) is 4.78. The fourth-order valence-electron chi connectivity index (χ4n) is 3.43. The number of rotatable bonds is 4. The zero-order chi connectivity index (χ0) is 18.1. The van der Waals surface area contributed by atoms with Crippen molar-refractivity contribution < 1.29 is 0 Å². The van der Waals surface area contributed by atoms with Gasteiger partial charge in [-0.1, -0.05) is 43.6 Å². The molecule has 1 fully saturated rings. The first-order valence-corrected chi connectivity index (χ1v) is 9.41. The molecule has 1 saturated heterocycles. The molecule has 7 heteroatoms. The average molecular weight is 371 g/mol. The van der Waals surface area contributed by atoms with E-state index in [9.17, 15) is 0 Å². The van der Waals surface area contributed by atoms with Crippen molar-refractivity contribution >= 4 is 23.1 Å². The second-order valence-electron chi connectivity index (χ2n) is 7.01. The molecule has 2 aromatic heterocycles. The summed E-state index contributed by atoms with van der Waals surface area (Å²) in [4.78, 5) is 9.32. The van der Waals surface area contributed by atoms with E-state index in [-0.39, 0.29) is 0 Å². The number of fused-ring (bicyclic) bond motifs is 1. The van der Waals surface area contributed by atoms with Gasteiger partial charge < -0.3 is 4.90 Å². The molecule has 0 atom stereocenters. The molecule has 3 heterocycles. The zero-order valence-electron chi connectivity index (χ0n) is 15.1. The van der Waals surface area contributed by atoms with E-state index >= 15 is 0 Å². The van der Waals surface area contributed by atoms with Crippen LogP contribution in [-0.4, -0.2) is 50.7 Å². The van der Waals surface area contributed by atoms with Crippen LogP contribution in [0, 0.1) is 0 Å². The lowest BCUT2D eigenvalue weighted by Crippen LogP contribution is -2.46. The van der Waals surface area contributed by atoms with Gasteiger partial charge in [-0.15, -0.1) is 10.2 Å². The van der Waals surface area contributed by atoms with Crippen molar-refractivity contribution in [1.82, 2.24) is 24.5 Å². The molecule has 0 aliphatic carbocycles. The maximum atomic E-state index is 6.30. The molecule has 1 aromatic carbocycles. The molecule has 0 spiro atoms. The third kappa shape index (κ3) is 3.27. The molecule has 26 heavy (non-hydrogen) atoms. The van der Waals surface area contributed by atoms with Gasteiger partial charge in [0.25, 0.3) is 0 Å². The predicted octanol–water partition coefficient (Wildman–Crippen LogP) is 3.22. The summed E-state index contributed by atoms with van der Waals surface area (Å²) in [6, 6.07) is 8.07.